The summed E-state index contributed by atoms with van der Waals surface area (Å²) < 4.78 is 23.9. The van der Waals surface area contributed by atoms with E-state index in [1.165, 1.54) is 0 Å². The van der Waals surface area contributed by atoms with Gasteiger partial charge in [0, 0.05) is 0 Å². The van der Waals surface area contributed by atoms with Crippen LogP contribution in [0.3, 0.4) is 0 Å². The topological polar surface area (TPSA) is 35.5 Å². The van der Waals surface area contributed by atoms with Crippen LogP contribution in [0.1, 0.15) is 18.1 Å². The van der Waals surface area contributed by atoms with Gasteiger partial charge >= 0.3 is 7.60 Å². The molecule has 2 aromatic carbocycles. The summed E-state index contributed by atoms with van der Waals surface area (Å²) in [6, 6.07) is 19.4. The lowest BCUT2D eigenvalue weighted by molar-refractivity contribution is 0.191. The van der Waals surface area contributed by atoms with Crippen LogP contribution in [0.15, 0.2) is 60.7 Å². The zero-order chi connectivity index (χ0) is 15.1. The van der Waals surface area contributed by atoms with Crippen molar-refractivity contribution in [1.82, 2.24) is 0 Å². The molecule has 0 N–H and O–H groups in total. The Morgan fingerprint density at radius 3 is 1.62 bits per heavy atom. The first kappa shape index (κ1) is 16.7. The molecule has 0 aromatic heterocycles. The van der Waals surface area contributed by atoms with Gasteiger partial charge in [-0.15, -0.1) is 0 Å². The molecule has 0 fully saturated rings. The zero-order valence-corrected chi connectivity index (χ0v) is 14.9. The quantitative estimate of drug-likeness (QED) is 0.345. The molecule has 0 radical (unpaired) electrons. The first-order valence-corrected chi connectivity index (χ1v) is 9.56. The molecule has 0 aliphatic heterocycles. The van der Waals surface area contributed by atoms with Crippen molar-refractivity contribution in [3.8, 4) is 0 Å². The van der Waals surface area contributed by atoms with E-state index < -0.39 is 7.60 Å². The predicted molar refractivity (Wildman–Crippen MR) is 93.6 cm³/mol. The van der Waals surface area contributed by atoms with Gasteiger partial charge in [0.05, 0.1) is 13.2 Å². The monoisotopic (exact) mass is 416 g/mol. The standard InChI is InChI=1S/C16H18IO3P/c1-14(17)21(18,19-12-15-8-4-2-5-9-15)20-13-16-10-6-3-7-11-16/h2-11,14H,12-13H2,1H3/t14-/m0/s1. The van der Waals surface area contributed by atoms with Gasteiger partial charge in [-0.25, -0.2) is 0 Å². The van der Waals surface area contributed by atoms with Crippen molar-refractivity contribution in [3.63, 3.8) is 0 Å². The number of hydrogen-bond acceptors (Lipinski definition) is 3. The second-order valence-corrected chi connectivity index (χ2v) is 9.86. The van der Waals surface area contributed by atoms with Gasteiger partial charge in [0.1, 0.15) is 3.67 Å². The van der Waals surface area contributed by atoms with E-state index in [9.17, 15) is 4.57 Å². The Bertz CT molecular complexity index is 539. The van der Waals surface area contributed by atoms with E-state index in [-0.39, 0.29) is 3.67 Å². The van der Waals surface area contributed by atoms with Crippen LogP contribution < -0.4 is 0 Å². The molecule has 0 aliphatic carbocycles. The summed E-state index contributed by atoms with van der Waals surface area (Å²) in [4.78, 5) is 0. The third-order valence-electron chi connectivity index (χ3n) is 2.94. The van der Waals surface area contributed by atoms with Crippen LogP contribution in [0.25, 0.3) is 0 Å². The van der Waals surface area contributed by atoms with Crippen LogP contribution in [-0.4, -0.2) is 3.67 Å². The minimum Gasteiger partial charge on any atom is -0.303 e. The summed E-state index contributed by atoms with van der Waals surface area (Å²) >= 11 is 2.09. The number of hydrogen-bond donors (Lipinski definition) is 0. The molecule has 21 heavy (non-hydrogen) atoms. The molecule has 3 nitrogen and oxygen atoms in total. The predicted octanol–water partition coefficient (Wildman–Crippen LogP) is 5.39. The molecule has 0 heterocycles. The van der Waals surface area contributed by atoms with Gasteiger partial charge in [-0.05, 0) is 18.1 Å². The SMILES string of the molecule is C[C@@H](I)P(=O)(OCc1ccccc1)OCc1ccccc1. The summed E-state index contributed by atoms with van der Waals surface area (Å²) in [5, 5.41) is 0. The highest BCUT2D eigenvalue weighted by atomic mass is 127. The summed E-state index contributed by atoms with van der Waals surface area (Å²) in [7, 11) is -3.14. The van der Waals surface area contributed by atoms with Gasteiger partial charge in [0.15, 0.2) is 0 Å². The number of rotatable bonds is 7. The summed E-state index contributed by atoms with van der Waals surface area (Å²) in [5.41, 5.74) is 1.97. The number of benzene rings is 2. The summed E-state index contributed by atoms with van der Waals surface area (Å²) in [6.45, 7) is 2.43. The van der Waals surface area contributed by atoms with E-state index in [1.54, 1.807) is 0 Å². The number of halogens is 1. The van der Waals surface area contributed by atoms with Crippen molar-refractivity contribution in [2.45, 2.75) is 23.8 Å². The lowest BCUT2D eigenvalue weighted by Gasteiger charge is -2.21. The summed E-state index contributed by atoms with van der Waals surface area (Å²) in [6.07, 6.45) is 0. The average Bonchev–Trinajstić information content (AvgIpc) is 2.53. The van der Waals surface area contributed by atoms with Crippen molar-refractivity contribution in [3.05, 3.63) is 71.8 Å². The van der Waals surface area contributed by atoms with Gasteiger partial charge in [-0.1, -0.05) is 83.3 Å². The van der Waals surface area contributed by atoms with Crippen LogP contribution in [0, 0.1) is 0 Å². The fourth-order valence-corrected chi connectivity index (χ4v) is 3.83. The van der Waals surface area contributed by atoms with Crippen LogP contribution >= 0.6 is 30.2 Å². The molecule has 0 saturated heterocycles. The highest BCUT2D eigenvalue weighted by Gasteiger charge is 2.30. The van der Waals surface area contributed by atoms with E-state index in [1.807, 2.05) is 67.6 Å². The van der Waals surface area contributed by atoms with Crippen LogP contribution in [0.2, 0.25) is 0 Å². The van der Waals surface area contributed by atoms with Gasteiger partial charge in [-0.2, -0.15) is 0 Å². The minimum absolute atomic E-state index is 0.206. The molecule has 0 saturated carbocycles. The Morgan fingerprint density at radius 1 is 0.905 bits per heavy atom. The van der Waals surface area contributed by atoms with Crippen LogP contribution in [0.5, 0.6) is 0 Å². The molecule has 0 aliphatic rings. The van der Waals surface area contributed by atoms with Crippen molar-refractivity contribution in [2.24, 2.45) is 0 Å². The minimum atomic E-state index is -3.14. The van der Waals surface area contributed by atoms with Crippen LogP contribution in [-0.2, 0) is 26.8 Å². The molecule has 0 unspecified atom stereocenters. The Kier molecular flexibility index (Phi) is 6.42. The third-order valence-corrected chi connectivity index (χ3v) is 6.84. The lowest BCUT2D eigenvalue weighted by Crippen LogP contribution is -2.04. The first-order valence-electron chi connectivity index (χ1n) is 6.71. The molecule has 0 bridgehead atoms. The average molecular weight is 416 g/mol. The van der Waals surface area contributed by atoms with Gasteiger partial charge in [0.2, 0.25) is 0 Å². The molecule has 0 amide bonds. The molecule has 112 valence electrons. The molecule has 1 atom stereocenters. The highest BCUT2D eigenvalue weighted by molar-refractivity contribution is 14.1. The van der Waals surface area contributed by atoms with Crippen LogP contribution in [0.4, 0.5) is 0 Å². The maximum absolute atomic E-state index is 12.8. The Labute approximate surface area is 139 Å². The van der Waals surface area contributed by atoms with E-state index >= 15 is 0 Å². The Hall–Kier alpha value is -0.680. The van der Waals surface area contributed by atoms with Crippen molar-refractivity contribution >= 4 is 30.2 Å². The Morgan fingerprint density at radius 2 is 1.29 bits per heavy atom. The molecular weight excluding hydrogens is 398 g/mol. The Balaban J connectivity index is 1.98. The maximum Gasteiger partial charge on any atom is 0.343 e. The second kappa shape index (κ2) is 8.08. The van der Waals surface area contributed by atoms with E-state index in [2.05, 4.69) is 22.6 Å². The van der Waals surface area contributed by atoms with Crippen molar-refractivity contribution in [2.75, 3.05) is 0 Å². The third kappa shape index (κ3) is 5.22. The van der Waals surface area contributed by atoms with Gasteiger partial charge < -0.3 is 9.05 Å². The molecular formula is C16H18IO3P. The van der Waals surface area contributed by atoms with E-state index in [0.29, 0.717) is 13.2 Å². The largest absolute Gasteiger partial charge is 0.343 e. The zero-order valence-electron chi connectivity index (χ0n) is 11.8. The fourth-order valence-electron chi connectivity index (χ4n) is 1.72. The maximum atomic E-state index is 12.8. The molecule has 5 heteroatoms. The smallest absolute Gasteiger partial charge is 0.303 e. The van der Waals surface area contributed by atoms with E-state index in [0.717, 1.165) is 11.1 Å². The fraction of sp³-hybridized carbons (Fsp3) is 0.250. The van der Waals surface area contributed by atoms with E-state index in [4.69, 9.17) is 9.05 Å². The molecule has 2 rings (SSSR count). The van der Waals surface area contributed by atoms with Crippen molar-refractivity contribution in [1.29, 1.82) is 0 Å². The first-order chi connectivity index (χ1) is 10.1. The molecule has 0 spiro atoms. The van der Waals surface area contributed by atoms with Gasteiger partial charge in [0.25, 0.3) is 0 Å². The lowest BCUT2D eigenvalue weighted by atomic mass is 10.2. The summed E-state index contributed by atoms with van der Waals surface area (Å²) in [5.74, 6) is 0. The highest BCUT2D eigenvalue weighted by Crippen LogP contribution is 2.56. The van der Waals surface area contributed by atoms with Crippen molar-refractivity contribution < 1.29 is 13.6 Å². The normalized spacial score (nSPS) is 13.0. The number of alkyl halides is 1. The second-order valence-electron chi connectivity index (χ2n) is 4.63. The van der Waals surface area contributed by atoms with Gasteiger partial charge in [-0.3, -0.25) is 4.57 Å². The molecule has 2 aromatic rings.